The molecule has 0 spiro atoms. The summed E-state index contributed by atoms with van der Waals surface area (Å²) in [4.78, 5) is 25.1. The molecule has 0 fully saturated rings. The molecule has 30 heavy (non-hydrogen) atoms. The van der Waals surface area contributed by atoms with Gasteiger partial charge in [-0.25, -0.2) is 0 Å². The summed E-state index contributed by atoms with van der Waals surface area (Å²) in [5.41, 5.74) is 6.33. The number of amides is 2. The number of benzene rings is 2. The van der Waals surface area contributed by atoms with Crippen LogP contribution in [0, 0.1) is 0 Å². The van der Waals surface area contributed by atoms with Crippen LogP contribution in [0.1, 0.15) is 67.0 Å². The zero-order valence-corrected chi connectivity index (χ0v) is 18.3. The van der Waals surface area contributed by atoms with Crippen molar-refractivity contribution in [3.63, 3.8) is 0 Å². The van der Waals surface area contributed by atoms with E-state index in [9.17, 15) is 18.4 Å². The Morgan fingerprint density at radius 2 is 1.50 bits per heavy atom. The fraction of sp³-hybridized carbons (Fsp3) is 0.364. The lowest BCUT2D eigenvalue weighted by Crippen LogP contribution is -2.39. The predicted molar refractivity (Wildman–Crippen MR) is 119 cm³/mol. The van der Waals surface area contributed by atoms with Crippen LogP contribution in [-0.4, -0.2) is 33.5 Å². The van der Waals surface area contributed by atoms with E-state index in [4.69, 9.17) is 5.73 Å². The van der Waals surface area contributed by atoms with Crippen molar-refractivity contribution in [3.8, 4) is 0 Å². The van der Waals surface area contributed by atoms with Crippen LogP contribution in [0.4, 0.5) is 8.78 Å². The van der Waals surface area contributed by atoms with Gasteiger partial charge < -0.3 is 11.2 Å². The van der Waals surface area contributed by atoms with Crippen LogP contribution in [0.25, 0.3) is 0 Å². The topological polar surface area (TPSA) is 94.9 Å². The summed E-state index contributed by atoms with van der Waals surface area (Å²) in [6, 6.07) is 11.5. The molecule has 1 aliphatic heterocycles. The molecule has 5 nitrogen and oxygen atoms in total. The van der Waals surface area contributed by atoms with Gasteiger partial charge in [-0.2, -0.15) is 21.4 Å². The number of fused-ring (bicyclic) bond motifs is 1. The summed E-state index contributed by atoms with van der Waals surface area (Å²) >= 11 is 4.12. The Hall–Kier alpha value is -2.29. The van der Waals surface area contributed by atoms with Crippen molar-refractivity contribution in [3.05, 3.63) is 70.8 Å². The molecule has 2 aromatic rings. The SMILES string of the molecule is CC(C)(C)S.C[C@@H](N)c1cccc(C(F)(F)CN2C(=O)c3ccccc3C2=O)c1.O.[HH]. The van der Waals surface area contributed by atoms with Gasteiger partial charge in [0.15, 0.2) is 0 Å². The van der Waals surface area contributed by atoms with E-state index in [0.717, 1.165) is 0 Å². The Balaban J connectivity index is 0.00000116. The Morgan fingerprint density at radius 1 is 1.03 bits per heavy atom. The molecule has 0 saturated carbocycles. The molecule has 0 aliphatic carbocycles. The quantitative estimate of drug-likeness (QED) is 0.550. The normalized spacial score (nSPS) is 14.5. The Bertz CT molecular complexity index is 877. The van der Waals surface area contributed by atoms with E-state index in [2.05, 4.69) is 33.4 Å². The van der Waals surface area contributed by atoms with E-state index in [1.165, 1.54) is 30.3 Å². The van der Waals surface area contributed by atoms with Gasteiger partial charge in [-0.3, -0.25) is 14.5 Å². The van der Waals surface area contributed by atoms with Crippen LogP contribution in [0.15, 0.2) is 48.5 Å². The average molecular weight is 441 g/mol. The Morgan fingerprint density at radius 3 is 1.93 bits per heavy atom. The molecule has 4 N–H and O–H groups in total. The number of hydrogen-bond acceptors (Lipinski definition) is 4. The van der Waals surface area contributed by atoms with Gasteiger partial charge in [-0.1, -0.05) is 51.1 Å². The van der Waals surface area contributed by atoms with E-state index in [-0.39, 0.29) is 34.4 Å². The van der Waals surface area contributed by atoms with Gasteiger partial charge in [-0.05, 0) is 30.7 Å². The molecule has 1 atom stereocenters. The molecule has 0 unspecified atom stereocenters. The maximum absolute atomic E-state index is 14.6. The minimum atomic E-state index is -3.36. The maximum Gasteiger partial charge on any atom is 0.290 e. The van der Waals surface area contributed by atoms with E-state index < -0.39 is 24.3 Å². The highest BCUT2D eigenvalue weighted by atomic mass is 32.1. The third kappa shape index (κ3) is 6.35. The van der Waals surface area contributed by atoms with E-state index in [0.29, 0.717) is 10.5 Å². The van der Waals surface area contributed by atoms with E-state index in [1.54, 1.807) is 25.1 Å². The molecule has 166 valence electrons. The second kappa shape index (κ2) is 9.68. The van der Waals surface area contributed by atoms with E-state index in [1.807, 2.05) is 0 Å². The number of thiol groups is 1. The lowest BCUT2D eigenvalue weighted by molar-refractivity contribution is -0.0275. The predicted octanol–water partition coefficient (Wildman–Crippen LogP) is 4.23. The minimum absolute atomic E-state index is 0. The first-order chi connectivity index (χ1) is 13.3. The number of carbonyl (C=O) groups is 2. The van der Waals surface area contributed by atoms with Gasteiger partial charge in [-0.15, -0.1) is 0 Å². The molecule has 0 radical (unpaired) electrons. The monoisotopic (exact) mass is 440 g/mol. The standard InChI is InChI=1S/C18H16F2N2O2.C4H10S.H2O.H2/c1-11(21)12-5-4-6-13(9-12)18(19,20)10-22-16(23)14-7-2-3-8-15(14)17(22)24;1-4(2,3)5;;/h2-9,11H,10,21H2,1H3;5H,1-3H3;1H2;1H/t11-;;;/m1.../s1. The molecular weight excluding hydrogens is 410 g/mol. The number of nitrogens with two attached hydrogens (primary N) is 1. The second-order valence-corrected chi connectivity index (χ2v) is 9.37. The third-order valence-corrected chi connectivity index (χ3v) is 4.07. The van der Waals surface area contributed by atoms with Crippen molar-refractivity contribution in [2.24, 2.45) is 5.73 Å². The summed E-state index contributed by atoms with van der Waals surface area (Å²) < 4.78 is 29.5. The Labute approximate surface area is 182 Å². The number of nitrogens with zero attached hydrogens (tertiary/aromatic N) is 1. The number of halogens is 2. The molecule has 0 aromatic heterocycles. The maximum atomic E-state index is 14.6. The molecule has 0 saturated heterocycles. The molecule has 2 amide bonds. The molecule has 8 heteroatoms. The molecule has 1 aliphatic rings. The summed E-state index contributed by atoms with van der Waals surface area (Å²) in [5, 5.41) is 0. The molecule has 3 rings (SSSR count). The summed E-state index contributed by atoms with van der Waals surface area (Å²) in [5.74, 6) is -4.75. The van der Waals surface area contributed by atoms with Crippen LogP contribution >= 0.6 is 12.6 Å². The van der Waals surface area contributed by atoms with Crippen LogP contribution in [0.2, 0.25) is 0 Å². The van der Waals surface area contributed by atoms with Crippen LogP contribution in [-0.2, 0) is 5.92 Å². The van der Waals surface area contributed by atoms with Gasteiger partial charge in [0, 0.05) is 17.8 Å². The van der Waals surface area contributed by atoms with Crippen molar-refractivity contribution < 1.29 is 25.3 Å². The third-order valence-electron chi connectivity index (χ3n) is 4.07. The van der Waals surface area contributed by atoms with Crippen molar-refractivity contribution in [1.82, 2.24) is 4.90 Å². The van der Waals surface area contributed by atoms with Crippen LogP contribution in [0.3, 0.4) is 0 Å². The number of carbonyl (C=O) groups excluding carboxylic acids is 2. The minimum Gasteiger partial charge on any atom is -0.412 e. The van der Waals surface area contributed by atoms with Gasteiger partial charge in [0.25, 0.3) is 17.7 Å². The first kappa shape index (κ1) is 25.7. The Kier molecular flexibility index (Phi) is 8.31. The van der Waals surface area contributed by atoms with Crippen molar-refractivity contribution in [2.45, 2.75) is 44.4 Å². The van der Waals surface area contributed by atoms with Gasteiger partial charge in [0.1, 0.15) is 0 Å². The zero-order chi connectivity index (χ0) is 22.0. The summed E-state index contributed by atoms with van der Waals surface area (Å²) in [6.07, 6.45) is 0. The van der Waals surface area contributed by atoms with Gasteiger partial charge in [0.05, 0.1) is 17.7 Å². The average Bonchev–Trinajstić information content (AvgIpc) is 2.85. The highest BCUT2D eigenvalue weighted by Gasteiger charge is 2.43. The van der Waals surface area contributed by atoms with Crippen molar-refractivity contribution in [2.75, 3.05) is 6.54 Å². The second-order valence-electron chi connectivity index (χ2n) is 8.03. The highest BCUT2D eigenvalue weighted by Crippen LogP contribution is 2.33. The summed E-state index contributed by atoms with van der Waals surface area (Å²) in [7, 11) is 0. The smallest absolute Gasteiger partial charge is 0.290 e. The molecular formula is C22H30F2N2O3S. The lowest BCUT2D eigenvalue weighted by atomic mass is 10.0. The number of hydrogen-bond donors (Lipinski definition) is 2. The van der Waals surface area contributed by atoms with Crippen molar-refractivity contribution >= 4 is 24.4 Å². The van der Waals surface area contributed by atoms with E-state index >= 15 is 0 Å². The number of rotatable bonds is 4. The molecule has 2 aromatic carbocycles. The van der Waals surface area contributed by atoms with Gasteiger partial charge >= 0.3 is 0 Å². The highest BCUT2D eigenvalue weighted by molar-refractivity contribution is 7.81. The van der Waals surface area contributed by atoms with Gasteiger partial charge in [0.2, 0.25) is 0 Å². The molecule has 0 bridgehead atoms. The van der Waals surface area contributed by atoms with Crippen LogP contribution < -0.4 is 5.73 Å². The summed E-state index contributed by atoms with van der Waals surface area (Å²) in [6.45, 7) is 6.85. The van der Waals surface area contributed by atoms with Crippen molar-refractivity contribution in [1.29, 1.82) is 0 Å². The lowest BCUT2D eigenvalue weighted by Gasteiger charge is -2.23. The number of imide groups is 1. The fourth-order valence-electron chi connectivity index (χ4n) is 2.72. The zero-order valence-electron chi connectivity index (χ0n) is 17.4. The first-order valence-corrected chi connectivity index (χ1v) is 9.67. The largest absolute Gasteiger partial charge is 0.412 e. The molecule has 1 heterocycles. The number of alkyl halides is 2. The first-order valence-electron chi connectivity index (χ1n) is 9.22. The fourth-order valence-corrected chi connectivity index (χ4v) is 2.72. The van der Waals surface area contributed by atoms with Crippen LogP contribution in [0.5, 0.6) is 0 Å².